The van der Waals surface area contributed by atoms with E-state index >= 15 is 0 Å². The molecule has 4 aromatic rings. The molecule has 1 atom stereocenters. The monoisotopic (exact) mass is 475 g/mol. The lowest BCUT2D eigenvalue weighted by atomic mass is 9.85. The number of pyridine rings is 1. The minimum Gasteiger partial charge on any atom is -0.493 e. The highest BCUT2D eigenvalue weighted by Gasteiger charge is 2.32. The van der Waals surface area contributed by atoms with Gasteiger partial charge in [0, 0.05) is 34.2 Å². The van der Waals surface area contributed by atoms with Gasteiger partial charge in [0.15, 0.2) is 6.10 Å². The molecule has 34 heavy (non-hydrogen) atoms. The minimum atomic E-state index is -1.16. The zero-order valence-electron chi connectivity index (χ0n) is 19.6. The summed E-state index contributed by atoms with van der Waals surface area (Å²) in [6.07, 6.45) is 1.46. The van der Waals surface area contributed by atoms with E-state index in [1.165, 1.54) is 5.56 Å². The summed E-state index contributed by atoms with van der Waals surface area (Å²) in [5.74, 6) is -0.234. The first kappa shape index (κ1) is 22.6. The zero-order chi connectivity index (χ0) is 24.2. The van der Waals surface area contributed by atoms with Crippen molar-refractivity contribution in [2.24, 2.45) is 0 Å². The summed E-state index contributed by atoms with van der Waals surface area (Å²) in [5, 5.41) is 13.7. The lowest BCUT2D eigenvalue weighted by molar-refractivity contribution is -0.160. The maximum absolute atomic E-state index is 12.5. The largest absolute Gasteiger partial charge is 0.493 e. The van der Waals surface area contributed by atoms with Crippen LogP contribution in [-0.4, -0.2) is 28.3 Å². The molecule has 1 aromatic heterocycles. The zero-order valence-corrected chi connectivity index (χ0v) is 20.4. The van der Waals surface area contributed by atoms with Gasteiger partial charge in [0.1, 0.15) is 5.75 Å². The number of ether oxygens (including phenoxy) is 2. The van der Waals surface area contributed by atoms with Crippen LogP contribution in [0.15, 0.2) is 48.7 Å². The standard InChI is InChI=1S/C28H26ClNO4/c1-15-13-17-14-18(29)5-6-19(17)24(22(15)26(27(31)32)34-28(2,3)4)20-7-8-21-23-16(10-12-33-21)9-11-30-25(20)23/h5-9,11,13-14,26H,10,12H2,1-4H3,(H,31,32)/t26-/m0/s1. The Hall–Kier alpha value is -3.15. The number of carboxylic acid groups (broad SMARTS) is 1. The van der Waals surface area contributed by atoms with Crippen LogP contribution in [-0.2, 0) is 16.0 Å². The first-order chi connectivity index (χ1) is 16.1. The van der Waals surface area contributed by atoms with Crippen molar-refractivity contribution < 1.29 is 19.4 Å². The first-order valence-corrected chi connectivity index (χ1v) is 11.7. The van der Waals surface area contributed by atoms with E-state index in [1.54, 1.807) is 0 Å². The van der Waals surface area contributed by atoms with Gasteiger partial charge in [0.2, 0.25) is 0 Å². The fourth-order valence-electron chi connectivity index (χ4n) is 4.85. The Labute approximate surface area is 203 Å². The summed E-state index contributed by atoms with van der Waals surface area (Å²) in [7, 11) is 0. The van der Waals surface area contributed by atoms with Crippen molar-refractivity contribution in [3.63, 3.8) is 0 Å². The van der Waals surface area contributed by atoms with Crippen molar-refractivity contribution in [3.8, 4) is 16.9 Å². The average Bonchev–Trinajstić information content (AvgIpc) is 2.77. The third-order valence-corrected chi connectivity index (χ3v) is 6.38. The van der Waals surface area contributed by atoms with Crippen LogP contribution >= 0.6 is 11.6 Å². The molecule has 0 radical (unpaired) electrons. The Kier molecular flexibility index (Phi) is 5.50. The Morgan fingerprint density at radius 2 is 1.97 bits per heavy atom. The van der Waals surface area contributed by atoms with E-state index in [9.17, 15) is 9.90 Å². The van der Waals surface area contributed by atoms with Crippen LogP contribution in [0.5, 0.6) is 5.75 Å². The molecule has 5 rings (SSSR count). The van der Waals surface area contributed by atoms with E-state index in [2.05, 4.69) is 0 Å². The summed E-state index contributed by atoms with van der Waals surface area (Å²) < 4.78 is 12.0. The van der Waals surface area contributed by atoms with E-state index in [0.29, 0.717) is 17.2 Å². The van der Waals surface area contributed by atoms with Crippen molar-refractivity contribution in [3.05, 3.63) is 70.4 Å². The molecule has 0 bridgehead atoms. The molecule has 0 saturated carbocycles. The maximum Gasteiger partial charge on any atom is 0.337 e. The van der Waals surface area contributed by atoms with Gasteiger partial charge in [-0.3, -0.25) is 4.98 Å². The van der Waals surface area contributed by atoms with Gasteiger partial charge in [-0.2, -0.15) is 0 Å². The SMILES string of the molecule is Cc1cc2cc(Cl)ccc2c(-c2ccc3c4c(ccnc24)CCO3)c1[C@H](OC(C)(C)C)C(=O)O. The van der Waals surface area contributed by atoms with Crippen LogP contribution in [0.3, 0.4) is 0 Å². The summed E-state index contributed by atoms with van der Waals surface area (Å²) in [6.45, 7) is 8.13. The van der Waals surface area contributed by atoms with Crippen molar-refractivity contribution in [2.45, 2.75) is 45.8 Å². The molecule has 0 unspecified atom stereocenters. The third-order valence-electron chi connectivity index (χ3n) is 6.15. The molecule has 2 heterocycles. The van der Waals surface area contributed by atoms with E-state index in [4.69, 9.17) is 26.1 Å². The van der Waals surface area contributed by atoms with Gasteiger partial charge < -0.3 is 14.6 Å². The quantitative estimate of drug-likeness (QED) is 0.348. The van der Waals surface area contributed by atoms with E-state index in [-0.39, 0.29) is 0 Å². The van der Waals surface area contributed by atoms with Gasteiger partial charge in [-0.1, -0.05) is 23.7 Å². The normalized spacial score (nSPS) is 14.3. The topological polar surface area (TPSA) is 68.7 Å². The number of benzene rings is 3. The molecule has 0 aliphatic carbocycles. The molecule has 6 heteroatoms. The van der Waals surface area contributed by atoms with Crippen LogP contribution in [0.2, 0.25) is 5.02 Å². The Morgan fingerprint density at radius 3 is 2.71 bits per heavy atom. The van der Waals surface area contributed by atoms with Crippen molar-refractivity contribution in [2.75, 3.05) is 6.61 Å². The molecule has 0 fully saturated rings. The van der Waals surface area contributed by atoms with Crippen molar-refractivity contribution in [1.29, 1.82) is 0 Å². The van der Waals surface area contributed by atoms with Gasteiger partial charge in [-0.05, 0) is 85.5 Å². The fraction of sp³-hybridized carbons (Fsp3) is 0.286. The number of halogens is 1. The Balaban J connectivity index is 1.91. The minimum absolute atomic E-state index is 0.620. The van der Waals surface area contributed by atoms with Crippen LogP contribution in [0, 0.1) is 6.92 Å². The molecule has 0 saturated heterocycles. The van der Waals surface area contributed by atoms with Crippen molar-refractivity contribution >= 4 is 39.2 Å². The van der Waals surface area contributed by atoms with E-state index in [0.717, 1.165) is 50.5 Å². The highest BCUT2D eigenvalue weighted by atomic mass is 35.5. The summed E-state index contributed by atoms with van der Waals surface area (Å²) in [4.78, 5) is 17.3. The number of carboxylic acids is 1. The summed E-state index contributed by atoms with van der Waals surface area (Å²) in [6, 6.07) is 13.6. The number of hydrogen-bond acceptors (Lipinski definition) is 4. The van der Waals surface area contributed by atoms with Gasteiger partial charge in [0.05, 0.1) is 17.7 Å². The summed E-state index contributed by atoms with van der Waals surface area (Å²) in [5.41, 5.74) is 4.39. The molecule has 1 aliphatic heterocycles. The number of aliphatic carboxylic acids is 1. The van der Waals surface area contributed by atoms with Crippen LogP contribution in [0.1, 0.15) is 43.6 Å². The fourth-order valence-corrected chi connectivity index (χ4v) is 5.03. The summed E-state index contributed by atoms with van der Waals surface area (Å²) >= 11 is 6.32. The number of fused-ring (bicyclic) bond motifs is 1. The lowest BCUT2D eigenvalue weighted by Gasteiger charge is -2.29. The third kappa shape index (κ3) is 3.89. The number of nitrogens with zero attached hydrogens (tertiary/aromatic N) is 1. The number of aromatic nitrogens is 1. The van der Waals surface area contributed by atoms with Crippen LogP contribution < -0.4 is 4.74 Å². The first-order valence-electron chi connectivity index (χ1n) is 11.3. The molecule has 5 nitrogen and oxygen atoms in total. The van der Waals surface area contributed by atoms with Crippen LogP contribution in [0.4, 0.5) is 0 Å². The number of hydrogen-bond donors (Lipinski definition) is 1. The van der Waals surface area contributed by atoms with Gasteiger partial charge in [-0.15, -0.1) is 0 Å². The predicted octanol–water partition coefficient (Wildman–Crippen LogP) is 6.89. The smallest absolute Gasteiger partial charge is 0.337 e. The van der Waals surface area contributed by atoms with Gasteiger partial charge in [0.25, 0.3) is 0 Å². The molecule has 1 N–H and O–H groups in total. The highest BCUT2D eigenvalue weighted by Crippen LogP contribution is 2.45. The molecular formula is C28H26ClNO4. The maximum atomic E-state index is 12.5. The molecular weight excluding hydrogens is 450 g/mol. The van der Waals surface area contributed by atoms with Gasteiger partial charge >= 0.3 is 5.97 Å². The number of aryl methyl sites for hydroxylation is 1. The molecule has 0 amide bonds. The lowest BCUT2D eigenvalue weighted by Crippen LogP contribution is -2.28. The molecule has 174 valence electrons. The van der Waals surface area contributed by atoms with E-state index in [1.807, 2.05) is 76.4 Å². The number of carbonyl (C=O) groups is 1. The average molecular weight is 476 g/mol. The Bertz CT molecular complexity index is 1440. The second kappa shape index (κ2) is 8.26. The molecule has 3 aromatic carbocycles. The second-order valence-electron chi connectivity index (χ2n) is 9.70. The Morgan fingerprint density at radius 1 is 1.18 bits per heavy atom. The molecule has 1 aliphatic rings. The van der Waals surface area contributed by atoms with Gasteiger partial charge in [-0.25, -0.2) is 4.79 Å². The van der Waals surface area contributed by atoms with Crippen LogP contribution in [0.25, 0.3) is 32.8 Å². The van der Waals surface area contributed by atoms with E-state index < -0.39 is 17.7 Å². The van der Waals surface area contributed by atoms with Crippen molar-refractivity contribution in [1.82, 2.24) is 4.98 Å². The second-order valence-corrected chi connectivity index (χ2v) is 10.1. The predicted molar refractivity (Wildman–Crippen MR) is 135 cm³/mol. The molecule has 0 spiro atoms. The number of rotatable bonds is 4. The highest BCUT2D eigenvalue weighted by molar-refractivity contribution is 6.31.